The van der Waals surface area contributed by atoms with Gasteiger partial charge in [0.1, 0.15) is 5.75 Å². The normalized spacial score (nSPS) is 10.3. The van der Waals surface area contributed by atoms with E-state index in [9.17, 15) is 9.59 Å². The first-order valence-electron chi connectivity index (χ1n) is 9.49. The smallest absolute Gasteiger partial charge is 0.257 e. The predicted molar refractivity (Wildman–Crippen MR) is 114 cm³/mol. The number of para-hydroxylation sites is 1. The van der Waals surface area contributed by atoms with Crippen LogP contribution in [0, 0.1) is 0 Å². The fourth-order valence-electron chi connectivity index (χ4n) is 2.84. The van der Waals surface area contributed by atoms with Gasteiger partial charge >= 0.3 is 0 Å². The molecule has 0 saturated heterocycles. The van der Waals surface area contributed by atoms with E-state index < -0.39 is 0 Å². The fourth-order valence-corrected chi connectivity index (χ4v) is 2.84. The molecule has 0 fully saturated rings. The highest BCUT2D eigenvalue weighted by molar-refractivity contribution is 6.08. The first kappa shape index (κ1) is 20.1. The largest absolute Gasteiger partial charge is 0.494 e. The number of carbonyl (C=O) groups excluding carboxylic acids is 2. The number of anilines is 2. The molecule has 0 bridgehead atoms. The van der Waals surface area contributed by atoms with E-state index in [0.717, 1.165) is 23.4 Å². The highest BCUT2D eigenvalue weighted by atomic mass is 16.5. The molecule has 0 spiro atoms. The zero-order valence-electron chi connectivity index (χ0n) is 16.4. The number of benzene rings is 2. The van der Waals surface area contributed by atoms with Gasteiger partial charge in [0.2, 0.25) is 0 Å². The van der Waals surface area contributed by atoms with Crippen molar-refractivity contribution in [1.29, 1.82) is 0 Å². The van der Waals surface area contributed by atoms with Crippen molar-refractivity contribution in [2.75, 3.05) is 17.2 Å². The van der Waals surface area contributed by atoms with Crippen molar-refractivity contribution in [2.24, 2.45) is 0 Å². The number of nitrogens with zero attached hydrogens (tertiary/aromatic N) is 1. The number of aryl methyl sites for hydroxylation is 1. The minimum Gasteiger partial charge on any atom is -0.494 e. The van der Waals surface area contributed by atoms with Crippen LogP contribution in [0.5, 0.6) is 5.75 Å². The van der Waals surface area contributed by atoms with Crippen LogP contribution in [-0.2, 0) is 6.42 Å². The summed E-state index contributed by atoms with van der Waals surface area (Å²) in [5.41, 5.74) is 3.04. The van der Waals surface area contributed by atoms with Gasteiger partial charge in [0.05, 0.1) is 17.7 Å². The van der Waals surface area contributed by atoms with Crippen LogP contribution in [0.25, 0.3) is 0 Å². The molecule has 0 atom stereocenters. The number of carbonyl (C=O) groups is 2. The Balaban J connectivity index is 1.71. The molecule has 0 aliphatic carbocycles. The summed E-state index contributed by atoms with van der Waals surface area (Å²) in [6, 6.07) is 16.2. The second-order valence-corrected chi connectivity index (χ2v) is 6.34. The molecule has 1 aromatic heterocycles. The molecule has 148 valence electrons. The van der Waals surface area contributed by atoms with Crippen molar-refractivity contribution in [3.05, 3.63) is 83.7 Å². The van der Waals surface area contributed by atoms with Crippen LogP contribution >= 0.6 is 0 Å². The average Bonchev–Trinajstić information content (AvgIpc) is 2.75. The Kier molecular flexibility index (Phi) is 6.58. The summed E-state index contributed by atoms with van der Waals surface area (Å²) in [4.78, 5) is 29.2. The van der Waals surface area contributed by atoms with Crippen LogP contribution in [0.4, 0.5) is 11.4 Å². The summed E-state index contributed by atoms with van der Waals surface area (Å²) in [5, 5.41) is 5.68. The van der Waals surface area contributed by atoms with E-state index in [2.05, 4.69) is 15.6 Å². The van der Waals surface area contributed by atoms with Crippen LogP contribution < -0.4 is 15.4 Å². The maximum Gasteiger partial charge on any atom is 0.257 e. The molecule has 0 saturated carbocycles. The molecule has 6 nitrogen and oxygen atoms in total. The molecule has 3 aromatic rings. The van der Waals surface area contributed by atoms with E-state index in [0.29, 0.717) is 23.4 Å². The monoisotopic (exact) mass is 389 g/mol. The summed E-state index contributed by atoms with van der Waals surface area (Å²) in [6.07, 6.45) is 3.68. The lowest BCUT2D eigenvalue weighted by atomic mass is 10.1. The Bertz CT molecular complexity index is 1000. The van der Waals surface area contributed by atoms with Gasteiger partial charge in [-0.3, -0.25) is 14.6 Å². The summed E-state index contributed by atoms with van der Waals surface area (Å²) in [6.45, 7) is 4.51. The van der Waals surface area contributed by atoms with Crippen LogP contribution in [0.3, 0.4) is 0 Å². The lowest BCUT2D eigenvalue weighted by Gasteiger charge is -2.10. The Morgan fingerprint density at radius 2 is 1.55 bits per heavy atom. The topological polar surface area (TPSA) is 80.3 Å². The summed E-state index contributed by atoms with van der Waals surface area (Å²) >= 11 is 0. The second kappa shape index (κ2) is 9.50. The Hall–Kier alpha value is -3.67. The summed E-state index contributed by atoms with van der Waals surface area (Å²) < 4.78 is 5.39. The molecule has 2 aromatic carbocycles. The van der Waals surface area contributed by atoms with Crippen molar-refractivity contribution in [2.45, 2.75) is 20.3 Å². The maximum atomic E-state index is 12.6. The minimum absolute atomic E-state index is 0.301. The molecular formula is C23H23N3O3. The van der Waals surface area contributed by atoms with Gasteiger partial charge in [0.15, 0.2) is 0 Å². The number of nitrogens with one attached hydrogen (secondary N) is 2. The van der Waals surface area contributed by atoms with Gasteiger partial charge in [-0.15, -0.1) is 0 Å². The van der Waals surface area contributed by atoms with Gasteiger partial charge in [0, 0.05) is 23.8 Å². The van der Waals surface area contributed by atoms with E-state index in [1.165, 1.54) is 18.5 Å². The molecule has 0 unspecified atom stereocenters. The molecule has 29 heavy (non-hydrogen) atoms. The van der Waals surface area contributed by atoms with Crippen LogP contribution in [0.15, 0.2) is 67.0 Å². The molecule has 0 aliphatic heterocycles. The van der Waals surface area contributed by atoms with Crippen molar-refractivity contribution in [3.8, 4) is 5.75 Å². The molecule has 6 heteroatoms. The average molecular weight is 389 g/mol. The van der Waals surface area contributed by atoms with Crippen molar-refractivity contribution < 1.29 is 14.3 Å². The highest BCUT2D eigenvalue weighted by Crippen LogP contribution is 2.18. The van der Waals surface area contributed by atoms with E-state index in [1.54, 1.807) is 24.3 Å². The van der Waals surface area contributed by atoms with E-state index in [1.807, 2.05) is 38.1 Å². The first-order valence-corrected chi connectivity index (χ1v) is 9.49. The summed E-state index contributed by atoms with van der Waals surface area (Å²) in [7, 11) is 0. The summed E-state index contributed by atoms with van der Waals surface area (Å²) in [5.74, 6) is 0.0811. The maximum absolute atomic E-state index is 12.6. The van der Waals surface area contributed by atoms with E-state index >= 15 is 0 Å². The zero-order valence-corrected chi connectivity index (χ0v) is 16.4. The number of hydrogen-bond acceptors (Lipinski definition) is 4. The van der Waals surface area contributed by atoms with E-state index in [4.69, 9.17) is 4.74 Å². The molecule has 0 radical (unpaired) electrons. The minimum atomic E-state index is -0.342. The standard InChI is InChI=1S/C23H23N3O3/c1-3-16-7-5-6-8-21(16)26-23(28)18-13-17(14-24-15-18)22(27)25-19-9-11-20(12-10-19)29-4-2/h5-15H,3-4H2,1-2H3,(H,25,27)(H,26,28). The van der Waals surface area contributed by atoms with Crippen molar-refractivity contribution in [1.82, 2.24) is 4.98 Å². The van der Waals surface area contributed by atoms with Gasteiger partial charge < -0.3 is 15.4 Å². The van der Waals surface area contributed by atoms with Gasteiger partial charge in [-0.1, -0.05) is 25.1 Å². The molecule has 2 amide bonds. The molecule has 0 aliphatic rings. The number of pyridine rings is 1. The number of rotatable bonds is 7. The van der Waals surface area contributed by atoms with Gasteiger partial charge in [-0.05, 0) is 55.3 Å². The van der Waals surface area contributed by atoms with E-state index in [-0.39, 0.29) is 11.8 Å². The predicted octanol–water partition coefficient (Wildman–Crippen LogP) is 4.55. The van der Waals surface area contributed by atoms with Gasteiger partial charge in [-0.2, -0.15) is 0 Å². The highest BCUT2D eigenvalue weighted by Gasteiger charge is 2.13. The molecule has 1 heterocycles. The molecule has 2 N–H and O–H groups in total. The van der Waals surface area contributed by atoms with Crippen LogP contribution in [0.2, 0.25) is 0 Å². The second-order valence-electron chi connectivity index (χ2n) is 6.34. The van der Waals surface area contributed by atoms with Crippen molar-refractivity contribution in [3.63, 3.8) is 0 Å². The number of amides is 2. The third kappa shape index (κ3) is 5.19. The first-order chi connectivity index (χ1) is 14.1. The third-order valence-corrected chi connectivity index (χ3v) is 4.33. The lowest BCUT2D eigenvalue weighted by Crippen LogP contribution is -2.16. The number of aromatic nitrogens is 1. The third-order valence-electron chi connectivity index (χ3n) is 4.33. The lowest BCUT2D eigenvalue weighted by molar-refractivity contribution is 0.102. The van der Waals surface area contributed by atoms with Crippen LogP contribution in [0.1, 0.15) is 40.1 Å². The molecular weight excluding hydrogens is 366 g/mol. The van der Waals surface area contributed by atoms with Gasteiger partial charge in [-0.25, -0.2) is 0 Å². The SMILES string of the molecule is CCOc1ccc(NC(=O)c2cncc(C(=O)Nc3ccccc3CC)c2)cc1. The van der Waals surface area contributed by atoms with Crippen molar-refractivity contribution >= 4 is 23.2 Å². The van der Waals surface area contributed by atoms with Gasteiger partial charge in [0.25, 0.3) is 11.8 Å². The fraction of sp³-hybridized carbons (Fsp3) is 0.174. The molecule has 3 rings (SSSR count). The van der Waals surface area contributed by atoms with Crippen LogP contribution in [-0.4, -0.2) is 23.4 Å². The zero-order chi connectivity index (χ0) is 20.6. The Labute approximate surface area is 169 Å². The number of hydrogen-bond donors (Lipinski definition) is 2. The Morgan fingerprint density at radius 3 is 2.21 bits per heavy atom. The number of ether oxygens (including phenoxy) is 1. The Morgan fingerprint density at radius 1 is 0.897 bits per heavy atom. The quantitative estimate of drug-likeness (QED) is 0.621.